The molecule has 0 rings (SSSR count). The summed E-state index contributed by atoms with van der Waals surface area (Å²) in [6.07, 6.45) is 0. The van der Waals surface area contributed by atoms with Crippen molar-refractivity contribution in [2.75, 3.05) is 0 Å². The molecule has 0 N–H and O–H groups in total. The van der Waals surface area contributed by atoms with Gasteiger partial charge in [0.15, 0.2) is 0 Å². The minimum absolute atomic E-state index is 0. The Morgan fingerprint density at radius 3 is 0.353 bits per heavy atom. The van der Waals surface area contributed by atoms with Gasteiger partial charge in [-0.15, -0.1) is 0 Å². The van der Waals surface area contributed by atoms with Crippen molar-refractivity contribution >= 4 is 59.5 Å². The molecular formula is B3CaF12K. The Morgan fingerprint density at radius 1 is 0.353 bits per heavy atom. The van der Waals surface area contributed by atoms with Crippen LogP contribution >= 0.6 is 0 Å². The van der Waals surface area contributed by atoms with Crippen LogP contribution in [0.5, 0.6) is 0 Å². The molecular weight excluding hydrogens is 340 g/mol. The first kappa shape index (κ1) is 31.6. The fourth-order valence-electron chi connectivity index (χ4n) is 0. The zero-order chi connectivity index (χ0) is 13.5. The minimum atomic E-state index is -6.00. The molecule has 0 heterocycles. The van der Waals surface area contributed by atoms with Crippen LogP contribution in [0.2, 0.25) is 0 Å². The Morgan fingerprint density at radius 2 is 0.353 bits per heavy atom. The Labute approximate surface area is 160 Å². The van der Waals surface area contributed by atoms with Crippen molar-refractivity contribution in [3.8, 4) is 0 Å². The maximum atomic E-state index is 9.75. The number of halogens is 12. The van der Waals surface area contributed by atoms with Gasteiger partial charge in [-0.25, -0.2) is 0 Å². The summed E-state index contributed by atoms with van der Waals surface area (Å²) in [7, 11) is -18.0. The second-order valence-electron chi connectivity index (χ2n) is 1.48. The van der Waals surface area contributed by atoms with Crippen LogP contribution in [-0.2, 0) is 0 Å². The molecule has 17 heavy (non-hydrogen) atoms. The fourth-order valence-corrected chi connectivity index (χ4v) is 0. The maximum Gasteiger partial charge on any atom is 2.00 e. The van der Waals surface area contributed by atoms with E-state index in [0.29, 0.717) is 0 Å². The molecule has 0 spiro atoms. The van der Waals surface area contributed by atoms with E-state index in [1.807, 2.05) is 0 Å². The van der Waals surface area contributed by atoms with Crippen LogP contribution in [0.1, 0.15) is 0 Å². The largest absolute Gasteiger partial charge is 2.00 e. The zero-order valence-corrected chi connectivity index (χ0v) is 13.3. The van der Waals surface area contributed by atoms with Crippen LogP contribution in [0.3, 0.4) is 0 Å². The van der Waals surface area contributed by atoms with E-state index < -0.39 is 21.8 Å². The van der Waals surface area contributed by atoms with Gasteiger partial charge in [-0.05, 0) is 0 Å². The molecule has 0 radical (unpaired) electrons. The summed E-state index contributed by atoms with van der Waals surface area (Å²) in [4.78, 5) is 0. The quantitative estimate of drug-likeness (QED) is 0.446. The van der Waals surface area contributed by atoms with Crippen LogP contribution in [0.4, 0.5) is 51.8 Å². The summed E-state index contributed by atoms with van der Waals surface area (Å²) in [5, 5.41) is 0. The average molecular weight is 340 g/mol. The second kappa shape index (κ2) is 13.2. The van der Waals surface area contributed by atoms with Crippen molar-refractivity contribution < 1.29 is 103 Å². The first-order valence-corrected chi connectivity index (χ1v) is 2.62. The van der Waals surface area contributed by atoms with E-state index in [4.69, 9.17) is 0 Å². The van der Waals surface area contributed by atoms with Gasteiger partial charge in [0.1, 0.15) is 0 Å². The molecule has 0 aromatic rings. The molecule has 0 unspecified atom stereocenters. The third kappa shape index (κ3) is 951. The smallest absolute Gasteiger partial charge is 0.418 e. The molecule has 0 fully saturated rings. The Bertz CT molecular complexity index is 96.8. The Hall–Kier alpha value is 2.25. The van der Waals surface area contributed by atoms with Crippen molar-refractivity contribution in [2.24, 2.45) is 0 Å². The van der Waals surface area contributed by atoms with E-state index in [-0.39, 0.29) is 89.1 Å². The van der Waals surface area contributed by atoms with Crippen molar-refractivity contribution in [1.29, 1.82) is 0 Å². The number of hydrogen-bond acceptors (Lipinski definition) is 0. The minimum Gasteiger partial charge on any atom is -0.418 e. The Balaban J connectivity index is -0.0000000400. The van der Waals surface area contributed by atoms with Crippen molar-refractivity contribution in [2.45, 2.75) is 0 Å². The van der Waals surface area contributed by atoms with E-state index in [9.17, 15) is 51.8 Å². The predicted molar refractivity (Wildman–Crippen MR) is 36.3 cm³/mol. The van der Waals surface area contributed by atoms with Crippen LogP contribution < -0.4 is 51.4 Å². The van der Waals surface area contributed by atoms with Crippen LogP contribution in [-0.4, -0.2) is 59.5 Å². The van der Waals surface area contributed by atoms with Crippen LogP contribution in [0.15, 0.2) is 0 Å². The molecule has 0 aliphatic rings. The second-order valence-corrected chi connectivity index (χ2v) is 1.48. The van der Waals surface area contributed by atoms with Crippen molar-refractivity contribution in [3.05, 3.63) is 0 Å². The molecule has 0 aromatic carbocycles. The standard InChI is InChI=1S/3BF4.Ca.K/c3*2-1(3,4)5;;/q3*-1;+2;+1. The van der Waals surface area contributed by atoms with Gasteiger partial charge in [0.2, 0.25) is 0 Å². The number of hydrogen-bond donors (Lipinski definition) is 0. The van der Waals surface area contributed by atoms with Gasteiger partial charge < -0.3 is 51.8 Å². The molecule has 0 aromatic heterocycles. The summed E-state index contributed by atoms with van der Waals surface area (Å²) >= 11 is 0. The molecule has 17 heteroatoms. The van der Waals surface area contributed by atoms with E-state index in [1.54, 1.807) is 0 Å². The summed E-state index contributed by atoms with van der Waals surface area (Å²) in [6, 6.07) is 0. The molecule has 96 valence electrons. The topological polar surface area (TPSA) is 0 Å². The summed E-state index contributed by atoms with van der Waals surface area (Å²) in [5.41, 5.74) is 0. The molecule has 0 bridgehead atoms. The van der Waals surface area contributed by atoms with Gasteiger partial charge in [0.05, 0.1) is 0 Å². The first-order chi connectivity index (χ1) is 6.00. The van der Waals surface area contributed by atoms with Gasteiger partial charge in [0, 0.05) is 0 Å². The van der Waals surface area contributed by atoms with Crippen LogP contribution in [0.25, 0.3) is 0 Å². The predicted octanol–water partition coefficient (Wildman–Crippen LogP) is 0.523. The fraction of sp³-hybridized carbons (Fsp3) is 0. The normalized spacial score (nSPS) is 10.6. The van der Waals surface area contributed by atoms with Gasteiger partial charge in [0.25, 0.3) is 0 Å². The third-order valence-electron chi connectivity index (χ3n) is 0. The van der Waals surface area contributed by atoms with Gasteiger partial charge in [-0.3, -0.25) is 0 Å². The van der Waals surface area contributed by atoms with Crippen LogP contribution in [0, 0.1) is 0 Å². The third-order valence-corrected chi connectivity index (χ3v) is 0. The number of rotatable bonds is 0. The summed E-state index contributed by atoms with van der Waals surface area (Å²) < 4.78 is 117. The van der Waals surface area contributed by atoms with E-state index in [1.165, 1.54) is 0 Å². The molecule has 0 amide bonds. The van der Waals surface area contributed by atoms with Gasteiger partial charge >= 0.3 is 111 Å². The molecule has 0 nitrogen and oxygen atoms in total. The molecule has 0 atom stereocenters. The molecule has 0 saturated heterocycles. The average Bonchev–Trinajstić information content (AvgIpc) is 1.41. The van der Waals surface area contributed by atoms with Gasteiger partial charge in [-0.1, -0.05) is 0 Å². The van der Waals surface area contributed by atoms with Crippen molar-refractivity contribution in [1.82, 2.24) is 0 Å². The van der Waals surface area contributed by atoms with Crippen molar-refractivity contribution in [3.63, 3.8) is 0 Å². The van der Waals surface area contributed by atoms with E-state index >= 15 is 0 Å². The zero-order valence-electron chi connectivity index (χ0n) is 7.97. The van der Waals surface area contributed by atoms with Gasteiger partial charge in [-0.2, -0.15) is 0 Å². The molecule has 0 aliphatic carbocycles. The summed E-state index contributed by atoms with van der Waals surface area (Å²) in [5.74, 6) is 0. The molecule has 0 aliphatic heterocycles. The maximum absolute atomic E-state index is 9.75. The Kier molecular flexibility index (Phi) is 24.6. The first-order valence-electron chi connectivity index (χ1n) is 2.62. The molecule has 0 saturated carbocycles. The summed E-state index contributed by atoms with van der Waals surface area (Å²) in [6.45, 7) is 0. The van der Waals surface area contributed by atoms with E-state index in [0.717, 1.165) is 0 Å². The van der Waals surface area contributed by atoms with E-state index in [2.05, 4.69) is 0 Å². The monoisotopic (exact) mass is 340 g/mol. The SMILES string of the molecule is F[B-](F)(F)F.F[B-](F)(F)F.F[B-](F)(F)F.[Ca+2].[K+].